The van der Waals surface area contributed by atoms with Crippen LogP contribution in [-0.2, 0) is 4.79 Å². The van der Waals surface area contributed by atoms with Crippen LogP contribution in [0.2, 0.25) is 0 Å². The molecule has 0 radical (unpaired) electrons. The Labute approximate surface area is 146 Å². The molecule has 2 aromatic carbocycles. The maximum Gasteiger partial charge on any atom is 0.279 e. The first-order valence-electron chi connectivity index (χ1n) is 6.95. The molecule has 0 bridgehead atoms. The Morgan fingerprint density at radius 2 is 1.78 bits per heavy atom. The minimum atomic E-state index is -0.355. The van der Waals surface area contributed by atoms with Gasteiger partial charge in [-0.05, 0) is 43.3 Å². The molecule has 1 fully saturated rings. The van der Waals surface area contributed by atoms with Crippen LogP contribution in [0.25, 0.3) is 0 Å². The molecule has 2 aromatic rings. The van der Waals surface area contributed by atoms with E-state index in [4.69, 9.17) is 0 Å². The summed E-state index contributed by atoms with van der Waals surface area (Å²) in [5.41, 5.74) is 2.33. The molecule has 0 spiro atoms. The van der Waals surface area contributed by atoms with Gasteiger partial charge in [0.05, 0.1) is 11.4 Å². The second-order valence-electron chi connectivity index (χ2n) is 5.06. The number of carbonyl (C=O) groups is 2. The molecule has 0 aromatic heterocycles. The van der Waals surface area contributed by atoms with Crippen molar-refractivity contribution in [1.82, 2.24) is 0 Å². The fourth-order valence-electron chi connectivity index (χ4n) is 2.14. The van der Waals surface area contributed by atoms with E-state index in [9.17, 15) is 9.59 Å². The van der Waals surface area contributed by atoms with Crippen LogP contribution in [0, 0.1) is 6.92 Å². The van der Waals surface area contributed by atoms with Crippen LogP contribution in [0.4, 0.5) is 5.69 Å². The van der Waals surface area contributed by atoms with Gasteiger partial charge in [0.2, 0.25) is 5.91 Å². The highest BCUT2D eigenvalue weighted by Gasteiger charge is 2.30. The standard InChI is InChI=1S/C17H13BrN2O2S/c1-11-2-8-14(9-3-11)20-15(21)10-23-17(20)19-16(22)12-4-6-13(18)7-5-12/h2-9H,10H2,1H3. The first-order chi connectivity index (χ1) is 11.0. The van der Waals surface area contributed by atoms with Gasteiger partial charge in [0, 0.05) is 10.0 Å². The van der Waals surface area contributed by atoms with Crippen LogP contribution in [0.1, 0.15) is 15.9 Å². The number of carbonyl (C=O) groups excluding carboxylic acids is 2. The van der Waals surface area contributed by atoms with E-state index in [1.54, 1.807) is 24.3 Å². The Bertz CT molecular complexity index is 785. The molecule has 6 heteroatoms. The SMILES string of the molecule is Cc1ccc(N2C(=O)CSC2=NC(=O)c2ccc(Br)cc2)cc1. The van der Waals surface area contributed by atoms with Crippen molar-refractivity contribution >= 4 is 50.4 Å². The summed E-state index contributed by atoms with van der Waals surface area (Å²) in [6.07, 6.45) is 0. The van der Waals surface area contributed by atoms with Gasteiger partial charge in [-0.15, -0.1) is 0 Å². The maximum atomic E-state index is 12.3. The van der Waals surface area contributed by atoms with Gasteiger partial charge in [0.15, 0.2) is 5.17 Å². The summed E-state index contributed by atoms with van der Waals surface area (Å²) in [6, 6.07) is 14.6. The molecule has 1 saturated heterocycles. The number of rotatable bonds is 2. The van der Waals surface area contributed by atoms with Gasteiger partial charge < -0.3 is 0 Å². The van der Waals surface area contributed by atoms with E-state index in [0.717, 1.165) is 15.7 Å². The minimum absolute atomic E-state index is 0.0683. The Balaban J connectivity index is 1.90. The summed E-state index contributed by atoms with van der Waals surface area (Å²) < 4.78 is 0.897. The van der Waals surface area contributed by atoms with Crippen molar-refractivity contribution in [1.29, 1.82) is 0 Å². The number of thioether (sulfide) groups is 1. The second kappa shape index (κ2) is 6.68. The zero-order valence-electron chi connectivity index (χ0n) is 12.3. The highest BCUT2D eigenvalue weighted by molar-refractivity contribution is 9.10. The molecular weight excluding hydrogens is 376 g/mol. The van der Waals surface area contributed by atoms with Crippen LogP contribution in [-0.4, -0.2) is 22.7 Å². The van der Waals surface area contributed by atoms with E-state index in [1.165, 1.54) is 16.7 Å². The lowest BCUT2D eigenvalue weighted by Crippen LogP contribution is -2.29. The van der Waals surface area contributed by atoms with Crippen molar-refractivity contribution in [2.75, 3.05) is 10.7 Å². The monoisotopic (exact) mass is 388 g/mol. The molecular formula is C17H13BrN2O2S. The highest BCUT2D eigenvalue weighted by Crippen LogP contribution is 2.27. The summed E-state index contributed by atoms with van der Waals surface area (Å²) in [5, 5.41) is 0.423. The first kappa shape index (κ1) is 16.0. The topological polar surface area (TPSA) is 49.7 Å². The molecule has 1 aliphatic heterocycles. The third kappa shape index (κ3) is 3.54. The van der Waals surface area contributed by atoms with Gasteiger partial charge in [0.25, 0.3) is 5.91 Å². The molecule has 0 saturated carbocycles. The van der Waals surface area contributed by atoms with Crippen molar-refractivity contribution in [3.63, 3.8) is 0 Å². The number of aryl methyl sites for hydroxylation is 1. The van der Waals surface area contributed by atoms with Gasteiger partial charge in [-0.2, -0.15) is 4.99 Å². The fraction of sp³-hybridized carbons (Fsp3) is 0.118. The molecule has 3 rings (SSSR count). The predicted molar refractivity (Wildman–Crippen MR) is 97.0 cm³/mol. The van der Waals surface area contributed by atoms with Gasteiger partial charge in [-0.1, -0.05) is 45.4 Å². The Morgan fingerprint density at radius 3 is 2.43 bits per heavy atom. The molecule has 0 atom stereocenters. The van der Waals surface area contributed by atoms with E-state index in [1.807, 2.05) is 31.2 Å². The summed E-state index contributed by atoms with van der Waals surface area (Å²) in [6.45, 7) is 1.98. The fourth-order valence-corrected chi connectivity index (χ4v) is 3.27. The molecule has 2 amide bonds. The lowest BCUT2D eigenvalue weighted by Gasteiger charge is -2.15. The van der Waals surface area contributed by atoms with Gasteiger partial charge in [-0.3, -0.25) is 14.5 Å². The van der Waals surface area contributed by atoms with Gasteiger partial charge in [0.1, 0.15) is 0 Å². The molecule has 0 N–H and O–H groups in total. The summed E-state index contributed by atoms with van der Waals surface area (Å²) in [4.78, 5) is 30.1. The van der Waals surface area contributed by atoms with Crippen LogP contribution >= 0.6 is 27.7 Å². The van der Waals surface area contributed by atoms with E-state index in [2.05, 4.69) is 20.9 Å². The zero-order valence-corrected chi connectivity index (χ0v) is 14.7. The van der Waals surface area contributed by atoms with Crippen molar-refractivity contribution in [3.05, 3.63) is 64.1 Å². The van der Waals surface area contributed by atoms with Crippen LogP contribution in [0.3, 0.4) is 0 Å². The molecule has 23 heavy (non-hydrogen) atoms. The molecule has 116 valence electrons. The maximum absolute atomic E-state index is 12.3. The quantitative estimate of drug-likeness (QED) is 0.779. The Morgan fingerprint density at radius 1 is 1.13 bits per heavy atom. The number of anilines is 1. The average Bonchev–Trinajstić information content (AvgIpc) is 2.89. The number of halogens is 1. The van der Waals surface area contributed by atoms with E-state index >= 15 is 0 Å². The normalized spacial score (nSPS) is 16.2. The summed E-state index contributed by atoms with van der Waals surface area (Å²) in [7, 11) is 0. The smallest absolute Gasteiger partial charge is 0.273 e. The lowest BCUT2D eigenvalue weighted by molar-refractivity contribution is -0.115. The highest BCUT2D eigenvalue weighted by atomic mass is 79.9. The molecule has 4 nitrogen and oxygen atoms in total. The zero-order chi connectivity index (χ0) is 16.4. The van der Waals surface area contributed by atoms with Crippen molar-refractivity contribution in [2.24, 2.45) is 4.99 Å². The predicted octanol–water partition coefficient (Wildman–Crippen LogP) is 4.03. The lowest BCUT2D eigenvalue weighted by atomic mass is 10.2. The first-order valence-corrected chi connectivity index (χ1v) is 8.73. The summed E-state index contributed by atoms with van der Waals surface area (Å²) in [5.74, 6) is -0.131. The Kier molecular flexibility index (Phi) is 4.63. The third-order valence-electron chi connectivity index (χ3n) is 3.35. The Hall–Kier alpha value is -1.92. The molecule has 0 aliphatic carbocycles. The van der Waals surface area contributed by atoms with E-state index in [0.29, 0.717) is 16.5 Å². The van der Waals surface area contributed by atoms with Crippen LogP contribution in [0.15, 0.2) is 58.0 Å². The van der Waals surface area contributed by atoms with Crippen LogP contribution < -0.4 is 4.90 Å². The number of benzene rings is 2. The number of amides is 2. The minimum Gasteiger partial charge on any atom is -0.273 e. The average molecular weight is 389 g/mol. The van der Waals surface area contributed by atoms with Gasteiger partial charge in [-0.25, -0.2) is 0 Å². The third-order valence-corrected chi connectivity index (χ3v) is 4.80. The van der Waals surface area contributed by atoms with Crippen molar-refractivity contribution < 1.29 is 9.59 Å². The molecule has 0 unspecified atom stereocenters. The number of hydrogen-bond acceptors (Lipinski definition) is 3. The van der Waals surface area contributed by atoms with Gasteiger partial charge >= 0.3 is 0 Å². The number of amidine groups is 1. The van der Waals surface area contributed by atoms with E-state index < -0.39 is 0 Å². The molecule has 1 heterocycles. The second-order valence-corrected chi connectivity index (χ2v) is 6.92. The number of hydrogen-bond donors (Lipinski definition) is 0. The molecule has 1 aliphatic rings. The summed E-state index contributed by atoms with van der Waals surface area (Å²) >= 11 is 4.61. The van der Waals surface area contributed by atoms with E-state index in [-0.39, 0.29) is 11.8 Å². The van der Waals surface area contributed by atoms with Crippen LogP contribution in [0.5, 0.6) is 0 Å². The largest absolute Gasteiger partial charge is 0.279 e. The number of nitrogens with zero attached hydrogens (tertiary/aromatic N) is 2. The number of aliphatic imine (C=N–C) groups is 1. The van der Waals surface area contributed by atoms with Crippen molar-refractivity contribution in [3.8, 4) is 0 Å². The van der Waals surface area contributed by atoms with Crippen molar-refractivity contribution in [2.45, 2.75) is 6.92 Å².